The normalized spacial score (nSPS) is 42.3. The number of nitrogens with zero attached hydrogens (tertiary/aromatic N) is 4. The molecule has 0 N–H and O–H groups in total. The van der Waals surface area contributed by atoms with Crippen LogP contribution in [-0.2, 0) is 11.3 Å². The largest absolute Gasteiger partial charge is 0.297 e. The topological polar surface area (TPSA) is 60.7 Å². The number of carbonyl (C=O) groups is 1. The number of hydrogen-bond acceptors (Lipinski definition) is 4. The molecule has 1 aromatic heterocycles. The molecule has 31 heavy (non-hydrogen) atoms. The number of rotatable bonds is 7. The molecule has 1 heterocycles. The summed E-state index contributed by atoms with van der Waals surface area (Å²) in [7, 11) is 0. The molecule has 8 unspecified atom stereocenters. The second-order valence-corrected chi connectivity index (χ2v) is 11.7. The van der Waals surface area contributed by atoms with E-state index in [9.17, 15) is 4.79 Å². The van der Waals surface area contributed by atoms with Crippen LogP contribution in [0.1, 0.15) is 90.8 Å². The highest BCUT2D eigenvalue weighted by Crippen LogP contribution is 2.68. The lowest BCUT2D eigenvalue weighted by molar-refractivity contribution is -0.131. The Labute approximate surface area is 188 Å². The predicted octanol–water partition coefficient (Wildman–Crippen LogP) is 5.48. The second-order valence-electron chi connectivity index (χ2n) is 11.7. The maximum absolute atomic E-state index is 13.6. The van der Waals surface area contributed by atoms with Gasteiger partial charge in [-0.05, 0) is 104 Å². The van der Waals surface area contributed by atoms with E-state index in [2.05, 4.69) is 36.2 Å². The molecule has 4 aliphatic rings. The van der Waals surface area contributed by atoms with Gasteiger partial charge in [0.1, 0.15) is 6.54 Å². The van der Waals surface area contributed by atoms with Crippen LogP contribution in [0.2, 0.25) is 0 Å². The van der Waals surface area contributed by atoms with Gasteiger partial charge in [-0.15, -0.1) is 10.2 Å². The Balaban J connectivity index is 1.42. The molecule has 172 valence electrons. The zero-order valence-corrected chi connectivity index (χ0v) is 20.1. The minimum atomic E-state index is 0.178. The van der Waals surface area contributed by atoms with Gasteiger partial charge < -0.3 is 0 Å². The SMILES string of the molecule is CCCC1C(CC)CCC2C1CCC1(C)C(C(=O)Cn3nnc(C)n3)CC(C3CC3)C21. The summed E-state index contributed by atoms with van der Waals surface area (Å²) in [5.74, 6) is 7.24. The highest BCUT2D eigenvalue weighted by atomic mass is 16.1. The summed E-state index contributed by atoms with van der Waals surface area (Å²) in [6.45, 7) is 9.43. The Kier molecular flexibility index (Phi) is 5.75. The molecule has 0 aromatic carbocycles. The lowest BCUT2D eigenvalue weighted by Gasteiger charge is -2.55. The fourth-order valence-corrected chi connectivity index (χ4v) is 8.85. The van der Waals surface area contributed by atoms with E-state index >= 15 is 0 Å². The standard InChI is InChI=1S/C26H42N4O/c1-5-7-19-17(6-2)10-11-21-20(19)12-13-26(4)23(14-22(25(21)26)18-8-9-18)24(31)15-30-28-16(3)27-29-30/h17-23,25H,5-15H2,1-4H3. The van der Waals surface area contributed by atoms with Gasteiger partial charge in [0, 0.05) is 5.92 Å². The summed E-state index contributed by atoms with van der Waals surface area (Å²) in [5.41, 5.74) is 0.178. The second kappa shape index (κ2) is 8.26. The fourth-order valence-electron chi connectivity index (χ4n) is 8.85. The van der Waals surface area contributed by atoms with Crippen molar-refractivity contribution in [1.29, 1.82) is 0 Å². The first-order valence-corrected chi connectivity index (χ1v) is 13.2. The Morgan fingerprint density at radius 1 is 1.10 bits per heavy atom. The van der Waals surface area contributed by atoms with Crippen LogP contribution in [0.5, 0.6) is 0 Å². The van der Waals surface area contributed by atoms with Crippen molar-refractivity contribution in [3.05, 3.63) is 5.82 Å². The Morgan fingerprint density at radius 2 is 1.90 bits per heavy atom. The average Bonchev–Trinajstić information content (AvgIpc) is 3.43. The highest BCUT2D eigenvalue weighted by Gasteiger charge is 2.63. The third-order valence-electron chi connectivity index (χ3n) is 10.2. The Bertz CT molecular complexity index is 801. The molecule has 0 radical (unpaired) electrons. The molecule has 4 fully saturated rings. The van der Waals surface area contributed by atoms with Crippen LogP contribution in [0.25, 0.3) is 0 Å². The first kappa shape index (κ1) is 21.6. The Hall–Kier alpha value is -1.26. The van der Waals surface area contributed by atoms with Crippen molar-refractivity contribution in [3.8, 4) is 0 Å². The average molecular weight is 427 g/mol. The quantitative estimate of drug-likeness (QED) is 0.579. The molecular formula is C26H42N4O. The van der Waals surface area contributed by atoms with Crippen LogP contribution in [0, 0.1) is 59.7 Å². The van der Waals surface area contributed by atoms with Crippen molar-refractivity contribution < 1.29 is 4.79 Å². The highest BCUT2D eigenvalue weighted by molar-refractivity contribution is 5.82. The zero-order chi connectivity index (χ0) is 21.8. The third-order valence-corrected chi connectivity index (χ3v) is 10.2. The molecular weight excluding hydrogens is 384 g/mol. The van der Waals surface area contributed by atoms with Crippen LogP contribution in [0.4, 0.5) is 0 Å². The molecule has 4 saturated carbocycles. The number of aryl methyl sites for hydroxylation is 1. The van der Waals surface area contributed by atoms with E-state index in [-0.39, 0.29) is 11.3 Å². The number of Topliss-reactive ketones (excluding diaryl/α,β-unsaturated/α-hetero) is 1. The summed E-state index contributed by atoms with van der Waals surface area (Å²) in [5, 5.41) is 12.4. The molecule has 0 aliphatic heterocycles. The molecule has 8 atom stereocenters. The molecule has 0 amide bonds. The maximum Gasteiger partial charge on any atom is 0.171 e. The third kappa shape index (κ3) is 3.68. The number of fused-ring (bicyclic) bond motifs is 3. The van der Waals surface area contributed by atoms with Crippen molar-refractivity contribution in [2.75, 3.05) is 0 Å². The first-order valence-electron chi connectivity index (χ1n) is 13.2. The minimum absolute atomic E-state index is 0.178. The van der Waals surface area contributed by atoms with Gasteiger partial charge in [0.2, 0.25) is 0 Å². The number of tetrazole rings is 1. The predicted molar refractivity (Wildman–Crippen MR) is 121 cm³/mol. The zero-order valence-electron chi connectivity index (χ0n) is 20.1. The summed E-state index contributed by atoms with van der Waals surface area (Å²) >= 11 is 0. The lowest BCUT2D eigenvalue weighted by Crippen LogP contribution is -2.50. The van der Waals surface area contributed by atoms with Crippen molar-refractivity contribution >= 4 is 5.78 Å². The Morgan fingerprint density at radius 3 is 2.55 bits per heavy atom. The molecule has 5 heteroatoms. The molecule has 0 spiro atoms. The van der Waals surface area contributed by atoms with Crippen molar-refractivity contribution in [1.82, 2.24) is 20.2 Å². The van der Waals surface area contributed by atoms with Gasteiger partial charge in [0.05, 0.1) is 0 Å². The van der Waals surface area contributed by atoms with Crippen molar-refractivity contribution in [2.45, 2.75) is 98.4 Å². The molecule has 5 rings (SSSR count). The van der Waals surface area contributed by atoms with Crippen LogP contribution in [0.3, 0.4) is 0 Å². The number of carbonyl (C=O) groups excluding carboxylic acids is 1. The van der Waals surface area contributed by atoms with E-state index in [1.807, 2.05) is 6.92 Å². The van der Waals surface area contributed by atoms with E-state index < -0.39 is 0 Å². The number of aromatic nitrogens is 4. The van der Waals surface area contributed by atoms with Gasteiger partial charge in [-0.1, -0.05) is 40.0 Å². The number of hydrogen-bond donors (Lipinski definition) is 0. The van der Waals surface area contributed by atoms with Crippen molar-refractivity contribution in [2.24, 2.45) is 52.8 Å². The monoisotopic (exact) mass is 426 g/mol. The van der Waals surface area contributed by atoms with Crippen LogP contribution >= 0.6 is 0 Å². The summed E-state index contributed by atoms with van der Waals surface area (Å²) in [6, 6.07) is 0. The van der Waals surface area contributed by atoms with E-state index in [1.54, 1.807) is 0 Å². The summed E-state index contributed by atoms with van der Waals surface area (Å²) in [4.78, 5) is 15.1. The molecule has 5 nitrogen and oxygen atoms in total. The van der Waals surface area contributed by atoms with Gasteiger partial charge in [0.15, 0.2) is 11.6 Å². The van der Waals surface area contributed by atoms with E-state index in [0.717, 1.165) is 47.8 Å². The molecule has 0 saturated heterocycles. The van der Waals surface area contributed by atoms with Gasteiger partial charge >= 0.3 is 0 Å². The number of ketones is 1. The van der Waals surface area contributed by atoms with E-state index in [4.69, 9.17) is 0 Å². The summed E-state index contributed by atoms with van der Waals surface area (Å²) in [6.07, 6.45) is 13.4. The smallest absolute Gasteiger partial charge is 0.171 e. The minimum Gasteiger partial charge on any atom is -0.297 e. The van der Waals surface area contributed by atoms with Gasteiger partial charge in [-0.3, -0.25) is 4.79 Å². The lowest BCUT2D eigenvalue weighted by atomic mass is 9.49. The van der Waals surface area contributed by atoms with E-state index in [1.165, 1.54) is 62.6 Å². The van der Waals surface area contributed by atoms with Crippen molar-refractivity contribution in [3.63, 3.8) is 0 Å². The first-order chi connectivity index (χ1) is 15.0. The van der Waals surface area contributed by atoms with Gasteiger partial charge in [0.25, 0.3) is 0 Å². The summed E-state index contributed by atoms with van der Waals surface area (Å²) < 4.78 is 0. The molecule has 0 bridgehead atoms. The van der Waals surface area contributed by atoms with Gasteiger partial charge in [-0.2, -0.15) is 4.80 Å². The van der Waals surface area contributed by atoms with Gasteiger partial charge in [-0.25, -0.2) is 0 Å². The maximum atomic E-state index is 13.6. The van der Waals surface area contributed by atoms with Crippen LogP contribution in [0.15, 0.2) is 0 Å². The van der Waals surface area contributed by atoms with Crippen LogP contribution in [-0.4, -0.2) is 26.0 Å². The van der Waals surface area contributed by atoms with Crippen LogP contribution < -0.4 is 0 Å². The van der Waals surface area contributed by atoms with E-state index in [0.29, 0.717) is 18.2 Å². The fraction of sp³-hybridized carbons (Fsp3) is 0.923. The molecule has 1 aromatic rings. The molecule has 4 aliphatic carbocycles.